The molecule has 0 bridgehead atoms. The zero-order chi connectivity index (χ0) is 8.27. The summed E-state index contributed by atoms with van der Waals surface area (Å²) in [4.78, 5) is 0. The van der Waals surface area contributed by atoms with Gasteiger partial charge >= 0.3 is 0 Å². The van der Waals surface area contributed by atoms with E-state index in [1.54, 1.807) is 12.1 Å². The normalized spacial score (nSPS) is 9.55. The number of hydrogen-bond acceptors (Lipinski definition) is 1. The van der Waals surface area contributed by atoms with Crippen molar-refractivity contribution in [2.24, 2.45) is 0 Å². The number of phenols is 1. The Morgan fingerprint density at radius 3 is 2.91 bits per heavy atom. The van der Waals surface area contributed by atoms with E-state index in [0.29, 0.717) is 5.75 Å². The van der Waals surface area contributed by atoms with Crippen molar-refractivity contribution in [2.45, 2.75) is 13.3 Å². The van der Waals surface area contributed by atoms with Crippen LogP contribution in [0.3, 0.4) is 0 Å². The van der Waals surface area contributed by atoms with Crippen molar-refractivity contribution in [1.82, 2.24) is 0 Å². The van der Waals surface area contributed by atoms with Crippen molar-refractivity contribution in [2.75, 3.05) is 0 Å². The van der Waals surface area contributed by atoms with Crippen LogP contribution in [0.1, 0.15) is 11.1 Å². The van der Waals surface area contributed by atoms with Crippen LogP contribution >= 0.6 is 0 Å². The van der Waals surface area contributed by atoms with Gasteiger partial charge < -0.3 is 5.11 Å². The van der Waals surface area contributed by atoms with E-state index in [9.17, 15) is 5.11 Å². The van der Waals surface area contributed by atoms with Crippen LogP contribution in [-0.4, -0.2) is 5.11 Å². The molecule has 0 saturated carbocycles. The topological polar surface area (TPSA) is 20.2 Å². The van der Waals surface area contributed by atoms with Crippen LogP contribution in [0, 0.1) is 6.92 Å². The van der Waals surface area contributed by atoms with E-state index >= 15 is 0 Å². The molecule has 0 spiro atoms. The van der Waals surface area contributed by atoms with E-state index in [1.807, 2.05) is 19.1 Å². The number of phenolic OH excluding ortho intramolecular Hbond substituents is 1. The zero-order valence-electron chi connectivity index (χ0n) is 6.67. The minimum atomic E-state index is 0.357. The second-order valence-electron chi connectivity index (χ2n) is 2.62. The first-order chi connectivity index (χ1) is 5.24. The molecule has 1 heteroatoms. The van der Waals surface area contributed by atoms with Crippen molar-refractivity contribution in [3.05, 3.63) is 42.0 Å². The molecule has 0 saturated heterocycles. The molecule has 0 aliphatic rings. The van der Waals surface area contributed by atoms with Crippen LogP contribution in [0.4, 0.5) is 0 Å². The first-order valence-electron chi connectivity index (χ1n) is 3.63. The number of rotatable bonds is 2. The Kier molecular flexibility index (Phi) is 2.32. The molecule has 1 rings (SSSR count). The van der Waals surface area contributed by atoms with Gasteiger partial charge in [-0.1, -0.05) is 23.8 Å². The minimum Gasteiger partial charge on any atom is -0.508 e. The summed E-state index contributed by atoms with van der Waals surface area (Å²) in [6.45, 7) is 5.62. The Balaban J connectivity index is 3.01. The van der Waals surface area contributed by atoms with E-state index in [0.717, 1.165) is 12.0 Å². The van der Waals surface area contributed by atoms with E-state index in [-0.39, 0.29) is 0 Å². The molecule has 0 heterocycles. The van der Waals surface area contributed by atoms with Crippen molar-refractivity contribution in [1.29, 1.82) is 0 Å². The largest absolute Gasteiger partial charge is 0.508 e. The maximum Gasteiger partial charge on any atom is 0.119 e. The second kappa shape index (κ2) is 3.24. The fourth-order valence-electron chi connectivity index (χ4n) is 1.03. The van der Waals surface area contributed by atoms with Gasteiger partial charge in [0.1, 0.15) is 5.75 Å². The molecule has 1 aromatic rings. The first kappa shape index (κ1) is 7.86. The van der Waals surface area contributed by atoms with E-state index in [4.69, 9.17) is 0 Å². The molecule has 1 nitrogen and oxygen atoms in total. The molecule has 0 atom stereocenters. The molecular weight excluding hydrogens is 136 g/mol. The number of hydrogen-bond donors (Lipinski definition) is 1. The molecule has 0 radical (unpaired) electrons. The molecule has 0 aliphatic heterocycles. The van der Waals surface area contributed by atoms with Gasteiger partial charge in [-0.3, -0.25) is 0 Å². The minimum absolute atomic E-state index is 0.357. The summed E-state index contributed by atoms with van der Waals surface area (Å²) < 4.78 is 0. The highest BCUT2D eigenvalue weighted by molar-refractivity contribution is 5.36. The highest BCUT2D eigenvalue weighted by Crippen LogP contribution is 2.18. The van der Waals surface area contributed by atoms with Gasteiger partial charge in [0, 0.05) is 0 Å². The van der Waals surface area contributed by atoms with Gasteiger partial charge in [0.05, 0.1) is 0 Å². The molecule has 0 aromatic heterocycles. The van der Waals surface area contributed by atoms with Crippen molar-refractivity contribution < 1.29 is 5.11 Å². The fraction of sp³-hybridized carbons (Fsp3) is 0.200. The van der Waals surface area contributed by atoms with Crippen LogP contribution in [0.15, 0.2) is 30.9 Å². The lowest BCUT2D eigenvalue weighted by molar-refractivity contribution is 0.469. The molecule has 58 valence electrons. The standard InChI is InChI=1S/C10H12O/c1-3-4-9-7-8(2)5-6-10(9)11/h3,5-7,11H,1,4H2,2H3. The third-order valence-electron chi connectivity index (χ3n) is 1.60. The maximum atomic E-state index is 9.32. The first-order valence-corrected chi connectivity index (χ1v) is 3.63. The summed E-state index contributed by atoms with van der Waals surface area (Å²) in [6.07, 6.45) is 2.52. The average molecular weight is 148 g/mol. The summed E-state index contributed by atoms with van der Waals surface area (Å²) >= 11 is 0. The van der Waals surface area contributed by atoms with Gasteiger partial charge in [0.2, 0.25) is 0 Å². The Labute approximate surface area is 67.0 Å². The average Bonchev–Trinajstić information content (AvgIpc) is 1.98. The second-order valence-corrected chi connectivity index (χ2v) is 2.62. The summed E-state index contributed by atoms with van der Waals surface area (Å²) in [5.74, 6) is 0.357. The van der Waals surface area contributed by atoms with E-state index in [1.165, 1.54) is 5.56 Å². The van der Waals surface area contributed by atoms with Crippen LogP contribution in [0.5, 0.6) is 5.75 Å². The lowest BCUT2D eigenvalue weighted by Gasteiger charge is -2.01. The lowest BCUT2D eigenvalue weighted by atomic mass is 10.1. The molecule has 1 N–H and O–H groups in total. The van der Waals surface area contributed by atoms with Gasteiger partial charge in [-0.05, 0) is 25.0 Å². The lowest BCUT2D eigenvalue weighted by Crippen LogP contribution is -1.83. The van der Waals surface area contributed by atoms with Crippen molar-refractivity contribution in [3.63, 3.8) is 0 Å². The highest BCUT2D eigenvalue weighted by Gasteiger charge is 1.97. The van der Waals surface area contributed by atoms with E-state index in [2.05, 4.69) is 6.58 Å². The maximum absolute atomic E-state index is 9.32. The van der Waals surface area contributed by atoms with Gasteiger partial charge in [0.25, 0.3) is 0 Å². The van der Waals surface area contributed by atoms with Crippen molar-refractivity contribution >= 4 is 0 Å². The van der Waals surface area contributed by atoms with Crippen LogP contribution in [0.25, 0.3) is 0 Å². The Bertz CT molecular complexity index is 264. The highest BCUT2D eigenvalue weighted by atomic mass is 16.3. The number of aryl methyl sites for hydroxylation is 1. The summed E-state index contributed by atoms with van der Waals surface area (Å²) in [5, 5.41) is 9.32. The molecule has 0 fully saturated rings. The fourth-order valence-corrected chi connectivity index (χ4v) is 1.03. The van der Waals surface area contributed by atoms with E-state index < -0.39 is 0 Å². The van der Waals surface area contributed by atoms with Crippen LogP contribution < -0.4 is 0 Å². The predicted molar refractivity (Wildman–Crippen MR) is 46.7 cm³/mol. The number of benzene rings is 1. The summed E-state index contributed by atoms with van der Waals surface area (Å²) in [7, 11) is 0. The Morgan fingerprint density at radius 2 is 2.27 bits per heavy atom. The van der Waals surface area contributed by atoms with Gasteiger partial charge in [0.15, 0.2) is 0 Å². The Morgan fingerprint density at radius 1 is 1.55 bits per heavy atom. The van der Waals surface area contributed by atoms with Crippen LogP contribution in [-0.2, 0) is 6.42 Å². The zero-order valence-corrected chi connectivity index (χ0v) is 6.67. The molecule has 0 amide bonds. The van der Waals surface area contributed by atoms with Crippen molar-refractivity contribution in [3.8, 4) is 5.75 Å². The monoisotopic (exact) mass is 148 g/mol. The molecular formula is C10H12O. The third-order valence-corrected chi connectivity index (χ3v) is 1.60. The van der Waals surface area contributed by atoms with Crippen LogP contribution in [0.2, 0.25) is 0 Å². The van der Waals surface area contributed by atoms with Gasteiger partial charge in [-0.15, -0.1) is 6.58 Å². The van der Waals surface area contributed by atoms with Gasteiger partial charge in [-0.2, -0.15) is 0 Å². The summed E-state index contributed by atoms with van der Waals surface area (Å²) in [6, 6.07) is 5.58. The molecule has 1 aromatic carbocycles. The van der Waals surface area contributed by atoms with Gasteiger partial charge in [-0.25, -0.2) is 0 Å². The smallest absolute Gasteiger partial charge is 0.119 e. The quantitative estimate of drug-likeness (QED) is 0.638. The predicted octanol–water partition coefficient (Wildman–Crippen LogP) is 2.43. The molecule has 0 unspecified atom stereocenters. The Hall–Kier alpha value is -1.24. The third kappa shape index (κ3) is 1.84. The molecule has 11 heavy (non-hydrogen) atoms. The summed E-state index contributed by atoms with van der Waals surface area (Å²) in [5.41, 5.74) is 2.11. The SMILES string of the molecule is C=CCc1cc(C)ccc1O. The molecule has 0 aliphatic carbocycles. The number of allylic oxidation sites excluding steroid dienone is 1. The number of aromatic hydroxyl groups is 1.